The molecule has 1 atom stereocenters. The van der Waals surface area contributed by atoms with Gasteiger partial charge in [0.05, 0.1) is 0 Å². The van der Waals surface area contributed by atoms with Crippen molar-refractivity contribution in [2.75, 3.05) is 13.1 Å². The molecule has 2 nitrogen and oxygen atoms in total. The molecule has 100 valence electrons. The highest BCUT2D eigenvalue weighted by atomic mass is 15.2. The van der Waals surface area contributed by atoms with Gasteiger partial charge in [0, 0.05) is 25.2 Å². The molecule has 0 amide bonds. The van der Waals surface area contributed by atoms with Crippen molar-refractivity contribution in [1.29, 1.82) is 0 Å². The van der Waals surface area contributed by atoms with E-state index in [-0.39, 0.29) is 0 Å². The van der Waals surface area contributed by atoms with E-state index in [0.717, 1.165) is 18.9 Å². The quantitative estimate of drug-likeness (QED) is 0.796. The van der Waals surface area contributed by atoms with E-state index >= 15 is 0 Å². The van der Waals surface area contributed by atoms with Gasteiger partial charge in [-0.05, 0) is 31.1 Å². The fraction of sp³-hybridized carbons (Fsp3) is 0.353. The van der Waals surface area contributed by atoms with Gasteiger partial charge in [0.15, 0.2) is 0 Å². The first kappa shape index (κ1) is 13.6. The van der Waals surface area contributed by atoms with Gasteiger partial charge < -0.3 is 4.90 Å². The summed E-state index contributed by atoms with van der Waals surface area (Å²) in [7, 11) is 0. The molecule has 0 radical (unpaired) electrons. The van der Waals surface area contributed by atoms with Gasteiger partial charge in [-0.15, -0.1) is 0 Å². The van der Waals surface area contributed by atoms with Crippen molar-refractivity contribution in [2.45, 2.75) is 20.8 Å². The summed E-state index contributed by atoms with van der Waals surface area (Å²) < 4.78 is 0. The van der Waals surface area contributed by atoms with Crippen molar-refractivity contribution < 1.29 is 0 Å². The summed E-state index contributed by atoms with van der Waals surface area (Å²) in [6.07, 6.45) is 6.33. The van der Waals surface area contributed by atoms with Gasteiger partial charge in [-0.1, -0.05) is 43.3 Å². The molecular weight excluding hydrogens is 232 g/mol. The lowest BCUT2D eigenvalue weighted by Gasteiger charge is -2.25. The fourth-order valence-corrected chi connectivity index (χ4v) is 2.45. The summed E-state index contributed by atoms with van der Waals surface area (Å²) in [6.45, 7) is 8.57. The van der Waals surface area contributed by atoms with Crippen LogP contribution in [-0.2, 0) is 0 Å². The lowest BCUT2D eigenvalue weighted by atomic mass is 10.0. The third-order valence-corrected chi connectivity index (χ3v) is 3.49. The van der Waals surface area contributed by atoms with E-state index in [9.17, 15) is 0 Å². The van der Waals surface area contributed by atoms with Crippen LogP contribution in [0.5, 0.6) is 0 Å². The zero-order chi connectivity index (χ0) is 13.7. The summed E-state index contributed by atoms with van der Waals surface area (Å²) in [5, 5.41) is 0. The van der Waals surface area contributed by atoms with Crippen LogP contribution in [0.25, 0.3) is 5.57 Å². The highest BCUT2D eigenvalue weighted by Gasteiger charge is 2.16. The van der Waals surface area contributed by atoms with Gasteiger partial charge in [0.1, 0.15) is 5.84 Å². The molecule has 0 aromatic heterocycles. The molecule has 1 aliphatic heterocycles. The van der Waals surface area contributed by atoms with Crippen LogP contribution in [0.1, 0.15) is 26.3 Å². The molecule has 19 heavy (non-hydrogen) atoms. The van der Waals surface area contributed by atoms with Crippen molar-refractivity contribution in [1.82, 2.24) is 4.90 Å². The SMILES string of the molecule is CCN(CC)C1=NC=CC(c2ccccc2)=C[C@@H]1C. The van der Waals surface area contributed by atoms with Crippen molar-refractivity contribution in [3.63, 3.8) is 0 Å². The van der Waals surface area contributed by atoms with Crippen LogP contribution in [0, 0.1) is 5.92 Å². The lowest BCUT2D eigenvalue weighted by molar-refractivity contribution is 0.447. The average Bonchev–Trinajstić information content (AvgIpc) is 2.64. The van der Waals surface area contributed by atoms with E-state index in [1.165, 1.54) is 11.1 Å². The van der Waals surface area contributed by atoms with Crippen molar-refractivity contribution in [3.8, 4) is 0 Å². The summed E-state index contributed by atoms with van der Waals surface area (Å²) in [5.41, 5.74) is 2.50. The van der Waals surface area contributed by atoms with Crippen LogP contribution < -0.4 is 0 Å². The molecule has 0 spiro atoms. The van der Waals surface area contributed by atoms with E-state index in [0.29, 0.717) is 5.92 Å². The van der Waals surface area contributed by atoms with E-state index in [2.05, 4.69) is 67.1 Å². The van der Waals surface area contributed by atoms with Gasteiger partial charge in [-0.2, -0.15) is 0 Å². The molecule has 2 heteroatoms. The topological polar surface area (TPSA) is 15.6 Å². The third-order valence-electron chi connectivity index (χ3n) is 3.49. The van der Waals surface area contributed by atoms with Crippen LogP contribution in [0.3, 0.4) is 0 Å². The summed E-state index contributed by atoms with van der Waals surface area (Å²) in [4.78, 5) is 6.95. The molecule has 1 aromatic carbocycles. The molecule has 0 fully saturated rings. The Bertz CT molecular complexity index is 493. The number of hydrogen-bond donors (Lipinski definition) is 0. The van der Waals surface area contributed by atoms with Crippen LogP contribution in [-0.4, -0.2) is 23.8 Å². The van der Waals surface area contributed by atoms with Gasteiger partial charge in [-0.25, -0.2) is 4.99 Å². The molecule has 1 aromatic rings. The monoisotopic (exact) mass is 254 g/mol. The van der Waals surface area contributed by atoms with Crippen LogP contribution in [0.2, 0.25) is 0 Å². The Morgan fingerprint density at radius 2 is 1.79 bits per heavy atom. The second kappa shape index (κ2) is 6.37. The van der Waals surface area contributed by atoms with E-state index in [4.69, 9.17) is 0 Å². The highest BCUT2D eigenvalue weighted by Crippen LogP contribution is 2.22. The maximum atomic E-state index is 4.63. The fourth-order valence-electron chi connectivity index (χ4n) is 2.45. The Labute approximate surface area is 116 Å². The zero-order valence-electron chi connectivity index (χ0n) is 12.0. The molecule has 0 unspecified atom stereocenters. The van der Waals surface area contributed by atoms with Gasteiger partial charge >= 0.3 is 0 Å². The summed E-state index contributed by atoms with van der Waals surface area (Å²) in [6, 6.07) is 10.5. The maximum Gasteiger partial charge on any atom is 0.111 e. The van der Waals surface area contributed by atoms with Crippen molar-refractivity contribution in [2.24, 2.45) is 10.9 Å². The number of aliphatic imine (C=N–C) groups is 1. The molecule has 0 aliphatic carbocycles. The number of amidine groups is 1. The summed E-state index contributed by atoms with van der Waals surface area (Å²) >= 11 is 0. The standard InChI is InChI=1S/C17H22N2/c1-4-19(5-2)17-14(3)13-16(11-12-18-17)15-9-7-6-8-10-15/h6-14H,4-5H2,1-3H3/t14-/m0/s1. The first-order valence-electron chi connectivity index (χ1n) is 7.02. The Hall–Kier alpha value is -1.83. The molecule has 0 N–H and O–H groups in total. The Morgan fingerprint density at radius 1 is 1.11 bits per heavy atom. The minimum Gasteiger partial charge on any atom is -0.360 e. The molecule has 0 saturated carbocycles. The number of benzene rings is 1. The van der Waals surface area contributed by atoms with Gasteiger partial charge in [-0.3, -0.25) is 0 Å². The van der Waals surface area contributed by atoms with Crippen LogP contribution in [0.15, 0.2) is 53.7 Å². The predicted molar refractivity (Wildman–Crippen MR) is 83.1 cm³/mol. The second-order valence-electron chi connectivity index (χ2n) is 4.75. The third kappa shape index (κ3) is 3.14. The molecule has 0 bridgehead atoms. The zero-order valence-corrected chi connectivity index (χ0v) is 12.0. The smallest absolute Gasteiger partial charge is 0.111 e. The minimum absolute atomic E-state index is 0.338. The van der Waals surface area contributed by atoms with Gasteiger partial charge in [0.25, 0.3) is 0 Å². The minimum atomic E-state index is 0.338. The van der Waals surface area contributed by atoms with E-state index in [1.807, 2.05) is 12.3 Å². The molecule has 2 rings (SSSR count). The largest absolute Gasteiger partial charge is 0.360 e. The lowest BCUT2D eigenvalue weighted by Crippen LogP contribution is -2.34. The normalized spacial score (nSPS) is 18.6. The maximum absolute atomic E-state index is 4.63. The molecule has 0 saturated heterocycles. The van der Waals surface area contributed by atoms with Gasteiger partial charge in [0.2, 0.25) is 0 Å². The number of hydrogen-bond acceptors (Lipinski definition) is 2. The van der Waals surface area contributed by atoms with E-state index < -0.39 is 0 Å². The number of nitrogens with zero attached hydrogens (tertiary/aromatic N) is 2. The Balaban J connectivity index is 2.28. The Morgan fingerprint density at radius 3 is 2.42 bits per heavy atom. The Kier molecular flexibility index (Phi) is 4.56. The van der Waals surface area contributed by atoms with Crippen molar-refractivity contribution in [3.05, 3.63) is 54.2 Å². The predicted octanol–water partition coefficient (Wildman–Crippen LogP) is 3.97. The number of allylic oxidation sites excluding steroid dienone is 2. The van der Waals surface area contributed by atoms with Crippen molar-refractivity contribution >= 4 is 11.4 Å². The average molecular weight is 254 g/mol. The van der Waals surface area contributed by atoms with Crippen LogP contribution in [0.4, 0.5) is 0 Å². The van der Waals surface area contributed by atoms with Crippen LogP contribution >= 0.6 is 0 Å². The second-order valence-corrected chi connectivity index (χ2v) is 4.75. The number of rotatable bonds is 3. The first-order chi connectivity index (χ1) is 9.26. The molecule has 1 aliphatic rings. The molecule has 1 heterocycles. The molecular formula is C17H22N2. The first-order valence-corrected chi connectivity index (χ1v) is 7.02. The summed E-state index contributed by atoms with van der Waals surface area (Å²) in [5.74, 6) is 1.50. The highest BCUT2D eigenvalue weighted by molar-refractivity contribution is 5.90. The van der Waals surface area contributed by atoms with E-state index in [1.54, 1.807) is 0 Å².